The van der Waals surface area contributed by atoms with E-state index in [1.807, 2.05) is 25.7 Å². The summed E-state index contributed by atoms with van der Waals surface area (Å²) in [6.07, 6.45) is -0.867. The first-order chi connectivity index (χ1) is 10.1. The Kier molecular flexibility index (Phi) is 4.87. The highest BCUT2D eigenvalue weighted by molar-refractivity contribution is 9.10. The predicted molar refractivity (Wildman–Crippen MR) is 85.0 cm³/mol. The van der Waals surface area contributed by atoms with E-state index in [2.05, 4.69) is 26.2 Å². The van der Waals surface area contributed by atoms with Crippen molar-refractivity contribution in [2.24, 2.45) is 0 Å². The minimum absolute atomic E-state index is 0.0378. The first kappa shape index (κ1) is 17.3. The third-order valence-electron chi connectivity index (χ3n) is 3.78. The molecule has 0 aromatic carbocycles. The lowest BCUT2D eigenvalue weighted by molar-refractivity contribution is -0.122. The molecule has 7 heteroatoms. The van der Waals surface area contributed by atoms with E-state index < -0.39 is 18.0 Å². The molecule has 0 radical (unpaired) electrons. The molecule has 1 aliphatic rings. The van der Waals surface area contributed by atoms with Gasteiger partial charge in [-0.1, -0.05) is 0 Å². The molecule has 1 saturated heterocycles. The normalized spacial score (nSPS) is 22.9. The van der Waals surface area contributed by atoms with Crippen LogP contribution < -0.4 is 5.32 Å². The molecule has 2 rings (SSSR count). The van der Waals surface area contributed by atoms with Crippen molar-refractivity contribution < 1.29 is 13.6 Å². The Morgan fingerprint density at radius 1 is 1.50 bits per heavy atom. The third kappa shape index (κ3) is 3.63. The molecule has 1 aromatic rings. The lowest BCUT2D eigenvalue weighted by Crippen LogP contribution is -2.49. The Morgan fingerprint density at radius 2 is 2.14 bits per heavy atom. The van der Waals surface area contributed by atoms with Crippen molar-refractivity contribution in [2.75, 3.05) is 11.9 Å². The lowest BCUT2D eigenvalue weighted by atomic mass is 10.0. The van der Waals surface area contributed by atoms with Gasteiger partial charge in [0.15, 0.2) is 5.82 Å². The van der Waals surface area contributed by atoms with Crippen LogP contribution in [0.25, 0.3) is 0 Å². The van der Waals surface area contributed by atoms with Crippen LogP contribution in [-0.4, -0.2) is 40.1 Å². The fourth-order valence-electron chi connectivity index (χ4n) is 2.66. The van der Waals surface area contributed by atoms with Crippen LogP contribution in [0.5, 0.6) is 0 Å². The Bertz CT molecular complexity index is 589. The molecule has 0 bridgehead atoms. The molecule has 1 amide bonds. The van der Waals surface area contributed by atoms with Gasteiger partial charge in [0.2, 0.25) is 5.91 Å². The highest BCUT2D eigenvalue weighted by atomic mass is 79.9. The second kappa shape index (κ2) is 6.20. The average Bonchev–Trinajstić information content (AvgIpc) is 2.78. The number of pyridine rings is 1. The third-order valence-corrected chi connectivity index (χ3v) is 4.34. The second-order valence-corrected chi connectivity index (χ2v) is 7.34. The minimum atomic E-state index is -1.02. The maximum atomic E-state index is 13.8. The number of aromatic nitrogens is 1. The smallest absolute Gasteiger partial charge is 0.243 e. The number of nitrogens with zero attached hydrogens (tertiary/aromatic N) is 2. The van der Waals surface area contributed by atoms with Crippen LogP contribution in [0.4, 0.5) is 14.6 Å². The number of hydrogen-bond acceptors (Lipinski definition) is 3. The van der Waals surface area contributed by atoms with E-state index in [1.165, 1.54) is 6.07 Å². The van der Waals surface area contributed by atoms with Crippen LogP contribution in [0, 0.1) is 12.7 Å². The van der Waals surface area contributed by atoms with Gasteiger partial charge >= 0.3 is 0 Å². The molecule has 22 heavy (non-hydrogen) atoms. The van der Waals surface area contributed by atoms with E-state index in [9.17, 15) is 13.6 Å². The van der Waals surface area contributed by atoms with Crippen LogP contribution >= 0.6 is 15.9 Å². The van der Waals surface area contributed by atoms with E-state index in [4.69, 9.17) is 0 Å². The highest BCUT2D eigenvalue weighted by Gasteiger charge is 2.42. The molecule has 1 N–H and O–H groups in total. The summed E-state index contributed by atoms with van der Waals surface area (Å²) in [5.41, 5.74) is 0.209. The largest absolute Gasteiger partial charge is 0.309 e. The minimum Gasteiger partial charge on any atom is -0.309 e. The number of alkyl halides is 1. The van der Waals surface area contributed by atoms with Crippen molar-refractivity contribution >= 4 is 27.7 Å². The number of amides is 1. The van der Waals surface area contributed by atoms with Crippen LogP contribution in [0.3, 0.4) is 0 Å². The SMILES string of the molecule is Cc1cc(F)c(Br)nc1NC(=O)[C@@H]1C[C@@H](F)CN1C(C)(C)C. The molecule has 0 aliphatic carbocycles. The molecule has 0 spiro atoms. The first-order valence-corrected chi connectivity index (χ1v) is 7.93. The Balaban J connectivity index is 2.20. The summed E-state index contributed by atoms with van der Waals surface area (Å²) in [4.78, 5) is 18.3. The zero-order valence-electron chi connectivity index (χ0n) is 13.1. The van der Waals surface area contributed by atoms with Gasteiger partial charge in [0.05, 0.1) is 6.04 Å². The molecule has 2 atom stereocenters. The molecule has 0 unspecified atom stereocenters. The topological polar surface area (TPSA) is 45.2 Å². The van der Waals surface area contributed by atoms with E-state index in [0.717, 1.165) is 0 Å². The van der Waals surface area contributed by atoms with Gasteiger partial charge in [0.1, 0.15) is 16.6 Å². The van der Waals surface area contributed by atoms with Gasteiger partial charge in [-0.2, -0.15) is 0 Å². The summed E-state index contributed by atoms with van der Waals surface area (Å²) in [7, 11) is 0. The van der Waals surface area contributed by atoms with Crippen molar-refractivity contribution in [3.63, 3.8) is 0 Å². The zero-order chi connectivity index (χ0) is 16.7. The van der Waals surface area contributed by atoms with Crippen molar-refractivity contribution in [1.82, 2.24) is 9.88 Å². The number of carbonyl (C=O) groups excluding carboxylic acids is 1. The van der Waals surface area contributed by atoms with E-state index in [1.54, 1.807) is 6.92 Å². The first-order valence-electron chi connectivity index (χ1n) is 7.14. The molecule has 4 nitrogen and oxygen atoms in total. The maximum Gasteiger partial charge on any atom is 0.243 e. The van der Waals surface area contributed by atoms with Gasteiger partial charge < -0.3 is 5.32 Å². The summed E-state index contributed by atoms with van der Waals surface area (Å²) in [5.74, 6) is -0.518. The fraction of sp³-hybridized carbons (Fsp3) is 0.600. The molecule has 1 fully saturated rings. The van der Waals surface area contributed by atoms with Crippen molar-refractivity contribution in [3.05, 3.63) is 22.1 Å². The second-order valence-electron chi connectivity index (χ2n) is 6.59. The van der Waals surface area contributed by atoms with Crippen LogP contribution in [0.1, 0.15) is 32.8 Å². The summed E-state index contributed by atoms with van der Waals surface area (Å²) in [6, 6.07) is 0.737. The Labute approximate surface area is 137 Å². The van der Waals surface area contributed by atoms with E-state index in [0.29, 0.717) is 5.56 Å². The molecule has 0 saturated carbocycles. The monoisotopic (exact) mass is 375 g/mol. The number of carbonyl (C=O) groups is 1. The quantitative estimate of drug-likeness (QED) is 0.805. The van der Waals surface area contributed by atoms with Crippen molar-refractivity contribution in [1.29, 1.82) is 0 Å². The van der Waals surface area contributed by atoms with Crippen LogP contribution in [0.15, 0.2) is 10.7 Å². The van der Waals surface area contributed by atoms with E-state index >= 15 is 0 Å². The number of anilines is 1. The highest BCUT2D eigenvalue weighted by Crippen LogP contribution is 2.29. The molecule has 1 aliphatic heterocycles. The van der Waals surface area contributed by atoms with Gasteiger partial charge in [0.25, 0.3) is 0 Å². The summed E-state index contributed by atoms with van der Waals surface area (Å²) >= 11 is 3.00. The predicted octanol–water partition coefficient (Wildman–Crippen LogP) is 3.44. The van der Waals surface area contributed by atoms with Crippen LogP contribution in [0.2, 0.25) is 0 Å². The number of aryl methyl sites for hydroxylation is 1. The van der Waals surface area contributed by atoms with Gasteiger partial charge in [-0.3, -0.25) is 9.69 Å². The molecule has 122 valence electrons. The molecular weight excluding hydrogens is 356 g/mol. The Morgan fingerprint density at radius 3 is 2.73 bits per heavy atom. The summed E-state index contributed by atoms with van der Waals surface area (Å²) in [5, 5.41) is 2.69. The number of rotatable bonds is 2. The lowest BCUT2D eigenvalue weighted by Gasteiger charge is -2.35. The molecule has 2 heterocycles. The van der Waals surface area contributed by atoms with E-state index in [-0.39, 0.29) is 34.8 Å². The van der Waals surface area contributed by atoms with Gasteiger partial charge in [-0.15, -0.1) is 0 Å². The maximum absolute atomic E-state index is 13.8. The van der Waals surface area contributed by atoms with Crippen molar-refractivity contribution in [2.45, 2.75) is 51.9 Å². The molecule has 1 aromatic heterocycles. The average molecular weight is 376 g/mol. The number of hydrogen-bond donors (Lipinski definition) is 1. The number of halogens is 3. The Hall–Kier alpha value is -1.08. The number of likely N-dealkylation sites (tertiary alicyclic amines) is 1. The fourth-order valence-corrected chi connectivity index (χ4v) is 2.95. The van der Waals surface area contributed by atoms with Crippen molar-refractivity contribution in [3.8, 4) is 0 Å². The summed E-state index contributed by atoms with van der Waals surface area (Å²) < 4.78 is 27.2. The summed E-state index contributed by atoms with van der Waals surface area (Å²) in [6.45, 7) is 7.74. The standard InChI is InChI=1S/C15H20BrF2N3O/c1-8-5-10(18)12(16)19-13(8)20-14(22)11-6-9(17)7-21(11)15(2,3)4/h5,9,11H,6-7H2,1-4H3,(H,19,20,22)/t9-,11+/m1/s1. The van der Waals surface area contributed by atoms with Gasteiger partial charge in [-0.05, 0) is 55.3 Å². The van der Waals surface area contributed by atoms with Gasteiger partial charge in [0, 0.05) is 18.5 Å². The zero-order valence-corrected chi connectivity index (χ0v) is 14.7. The molecular formula is C15H20BrF2N3O. The van der Waals surface area contributed by atoms with Crippen LogP contribution in [-0.2, 0) is 4.79 Å². The van der Waals surface area contributed by atoms with Gasteiger partial charge in [-0.25, -0.2) is 13.8 Å². The number of nitrogens with one attached hydrogen (secondary N) is 1.